The first-order valence-corrected chi connectivity index (χ1v) is 15.3. The summed E-state index contributed by atoms with van der Waals surface area (Å²) in [6, 6.07) is 24.6. The molecule has 42 heavy (non-hydrogen) atoms. The van der Waals surface area contributed by atoms with E-state index in [0.717, 1.165) is 0 Å². The van der Waals surface area contributed by atoms with Gasteiger partial charge < -0.3 is 15.0 Å². The van der Waals surface area contributed by atoms with Crippen molar-refractivity contribution in [2.75, 3.05) is 12.8 Å². The molecule has 0 amide bonds. The van der Waals surface area contributed by atoms with Crippen LogP contribution in [0, 0.1) is 0 Å². The van der Waals surface area contributed by atoms with Gasteiger partial charge in [0.05, 0.1) is 40.7 Å². The van der Waals surface area contributed by atoms with Crippen LogP contribution < -0.4 is 15.8 Å². The lowest BCUT2D eigenvalue weighted by Gasteiger charge is -2.23. The molecule has 4 N–H and O–H groups in total. The number of nitrogens with two attached hydrogens (primary N) is 1. The highest BCUT2D eigenvalue weighted by molar-refractivity contribution is 7.86. The van der Waals surface area contributed by atoms with Gasteiger partial charge in [-0.3, -0.25) is 9.11 Å². The molecule has 6 rings (SSSR count). The summed E-state index contributed by atoms with van der Waals surface area (Å²) in [6.45, 7) is 0. The third-order valence-corrected chi connectivity index (χ3v) is 8.58. The lowest BCUT2D eigenvalue weighted by Crippen LogP contribution is -2.17. The molecule has 0 aromatic heterocycles. The predicted molar refractivity (Wildman–Crippen MR) is 157 cm³/mol. The maximum absolute atomic E-state index is 12.7. The lowest BCUT2D eigenvalue weighted by atomic mass is 10.0. The van der Waals surface area contributed by atoms with Crippen molar-refractivity contribution in [1.29, 1.82) is 0 Å². The molecule has 2 aliphatic rings. The molecular weight excluding hydrogens is 580 g/mol. The Morgan fingerprint density at radius 3 is 2.14 bits per heavy atom. The Morgan fingerprint density at radius 2 is 1.52 bits per heavy atom. The Bertz CT molecular complexity index is 2290. The second-order valence-electron chi connectivity index (χ2n) is 9.32. The summed E-state index contributed by atoms with van der Waals surface area (Å²) in [5.41, 5.74) is 7.37. The average Bonchev–Trinajstić information content (AvgIpc) is 2.95. The van der Waals surface area contributed by atoms with E-state index in [-0.39, 0.29) is 43.8 Å². The van der Waals surface area contributed by atoms with Gasteiger partial charge in [-0.15, -0.1) is 0 Å². The van der Waals surface area contributed by atoms with E-state index in [0.29, 0.717) is 22.5 Å². The first-order valence-electron chi connectivity index (χ1n) is 12.4. The molecule has 1 heterocycles. The van der Waals surface area contributed by atoms with Crippen LogP contribution in [0.5, 0.6) is 5.75 Å². The van der Waals surface area contributed by atoms with Crippen LogP contribution in [0.1, 0.15) is 0 Å². The third-order valence-electron chi connectivity index (χ3n) is 6.74. The number of methoxy groups -OCH3 is 1. The molecule has 0 bridgehead atoms. The molecule has 0 unspecified atom stereocenters. The van der Waals surface area contributed by atoms with E-state index >= 15 is 0 Å². The predicted octanol–water partition coefficient (Wildman–Crippen LogP) is 4.60. The smallest absolute Gasteiger partial charge is 0.298 e. The fourth-order valence-corrected chi connectivity index (χ4v) is 6.60. The molecule has 0 atom stereocenters. The van der Waals surface area contributed by atoms with E-state index in [4.69, 9.17) is 20.4 Å². The van der Waals surface area contributed by atoms with Crippen LogP contribution in [0.15, 0.2) is 106 Å². The van der Waals surface area contributed by atoms with E-state index in [9.17, 15) is 25.9 Å². The standard InChI is InChI=1S/C29H22N4O7S2/c1-40-23-15-20(30)29(42(37,38)39)28-27(23)32-26-19-13-8-14-24(41(34,35)36)25(19)21(31-17-9-4-2-5-10-17)16-22(26)33(28)18-11-6-3-7-12-18/h2-16H,30H2,1H3,(H,34,35,36)(H,37,38,39). The monoisotopic (exact) mass is 602 g/mol. The fourth-order valence-electron chi connectivity index (χ4n) is 5.09. The van der Waals surface area contributed by atoms with Crippen molar-refractivity contribution < 1.29 is 30.7 Å². The van der Waals surface area contributed by atoms with Crippen molar-refractivity contribution in [3.63, 3.8) is 0 Å². The van der Waals surface area contributed by atoms with Crippen molar-refractivity contribution in [3.05, 3.63) is 96.4 Å². The molecule has 212 valence electrons. The number of fused-ring (bicyclic) bond motifs is 4. The van der Waals surface area contributed by atoms with E-state index in [2.05, 4.69) is 0 Å². The van der Waals surface area contributed by atoms with Gasteiger partial charge in [-0.1, -0.05) is 48.5 Å². The van der Waals surface area contributed by atoms with Gasteiger partial charge in [0.2, 0.25) is 0 Å². The average molecular weight is 603 g/mol. The number of rotatable bonds is 5. The fraction of sp³-hybridized carbons (Fsp3) is 0.0345. The third kappa shape index (κ3) is 4.54. The maximum Gasteiger partial charge on any atom is 0.298 e. The van der Waals surface area contributed by atoms with E-state index < -0.39 is 25.1 Å². The highest BCUT2D eigenvalue weighted by atomic mass is 32.2. The molecule has 0 fully saturated rings. The van der Waals surface area contributed by atoms with Crippen LogP contribution in [0.25, 0.3) is 38.9 Å². The zero-order valence-corrected chi connectivity index (χ0v) is 23.5. The molecule has 11 nitrogen and oxygen atoms in total. The molecule has 4 aromatic rings. The second-order valence-corrected chi connectivity index (χ2v) is 12.1. The van der Waals surface area contributed by atoms with Gasteiger partial charge in [0, 0.05) is 22.5 Å². The number of para-hydroxylation sites is 2. The van der Waals surface area contributed by atoms with E-state index in [1.165, 1.54) is 25.3 Å². The SMILES string of the molecule is COc1cc(N)c(S(=O)(=O)O)c2c1nc1c3cccc(S(=O)(=O)O)c3c(=Nc3ccccc3)cc-1n2-c1ccccc1. The first kappa shape index (κ1) is 27.4. The van der Waals surface area contributed by atoms with Crippen molar-refractivity contribution in [2.24, 2.45) is 4.99 Å². The van der Waals surface area contributed by atoms with Crippen molar-refractivity contribution in [3.8, 4) is 22.8 Å². The Hall–Kier alpha value is -4.82. The lowest BCUT2D eigenvalue weighted by molar-refractivity contribution is 0.418. The van der Waals surface area contributed by atoms with Gasteiger partial charge in [-0.25, -0.2) is 9.98 Å². The summed E-state index contributed by atoms with van der Waals surface area (Å²) in [5.74, 6) is 0.110. The van der Waals surface area contributed by atoms with Crippen molar-refractivity contribution in [1.82, 2.24) is 9.55 Å². The highest BCUT2D eigenvalue weighted by Crippen LogP contribution is 2.41. The number of anilines is 1. The number of hydrogen-bond donors (Lipinski definition) is 3. The van der Waals surface area contributed by atoms with Crippen molar-refractivity contribution >= 4 is 53.4 Å². The first-order chi connectivity index (χ1) is 20.0. The Morgan fingerprint density at radius 1 is 0.857 bits per heavy atom. The summed E-state index contributed by atoms with van der Waals surface area (Å²) in [5, 5.41) is 0.565. The largest absolute Gasteiger partial charge is 0.494 e. The van der Waals surface area contributed by atoms with Gasteiger partial charge in [-0.05, 0) is 36.4 Å². The Balaban J connectivity index is 1.99. The van der Waals surface area contributed by atoms with Crippen LogP contribution in [-0.2, 0) is 20.2 Å². The molecule has 4 aromatic carbocycles. The van der Waals surface area contributed by atoms with E-state index in [1.54, 1.807) is 77.4 Å². The van der Waals surface area contributed by atoms with Crippen LogP contribution in [0.4, 0.5) is 11.4 Å². The molecular formula is C29H22N4O7S2. The molecule has 0 saturated heterocycles. The number of hydrogen-bond acceptors (Lipinski definition) is 8. The van der Waals surface area contributed by atoms with Gasteiger partial charge in [0.25, 0.3) is 20.2 Å². The molecule has 0 radical (unpaired) electrons. The summed E-state index contributed by atoms with van der Waals surface area (Å²) in [6.07, 6.45) is 0. The molecule has 13 heteroatoms. The molecule has 1 aliphatic carbocycles. The van der Waals surface area contributed by atoms with Gasteiger partial charge in [0.15, 0.2) is 0 Å². The summed E-state index contributed by atoms with van der Waals surface area (Å²) in [4.78, 5) is 8.49. The number of nitrogen functional groups attached to an aromatic ring is 1. The molecule has 1 aliphatic heterocycles. The van der Waals surface area contributed by atoms with Gasteiger partial charge in [-0.2, -0.15) is 16.8 Å². The minimum absolute atomic E-state index is 0.0296. The van der Waals surface area contributed by atoms with Crippen LogP contribution in [-0.4, -0.2) is 42.6 Å². The summed E-state index contributed by atoms with van der Waals surface area (Å²) in [7, 11) is -8.24. The Kier molecular flexibility index (Phi) is 6.46. The van der Waals surface area contributed by atoms with Crippen LogP contribution >= 0.6 is 0 Å². The van der Waals surface area contributed by atoms with Gasteiger partial charge >= 0.3 is 0 Å². The van der Waals surface area contributed by atoms with Gasteiger partial charge in [0.1, 0.15) is 21.1 Å². The second kappa shape index (κ2) is 9.92. The number of ether oxygens (including phenoxy) is 1. The van der Waals surface area contributed by atoms with Crippen LogP contribution in [0.3, 0.4) is 0 Å². The van der Waals surface area contributed by atoms with Crippen LogP contribution in [0.2, 0.25) is 0 Å². The highest BCUT2D eigenvalue weighted by Gasteiger charge is 2.29. The van der Waals surface area contributed by atoms with E-state index in [1.807, 2.05) is 0 Å². The number of benzene rings is 5. The molecule has 0 saturated carbocycles. The number of aromatic nitrogens is 2. The summed E-state index contributed by atoms with van der Waals surface area (Å²) >= 11 is 0. The topological polar surface area (TPSA) is 174 Å². The summed E-state index contributed by atoms with van der Waals surface area (Å²) < 4.78 is 78.1. The minimum atomic E-state index is -4.89. The maximum atomic E-state index is 12.7. The Labute approximate surface area is 240 Å². The van der Waals surface area contributed by atoms with Crippen molar-refractivity contribution in [2.45, 2.75) is 9.79 Å². The number of nitrogens with zero attached hydrogens (tertiary/aromatic N) is 3. The zero-order chi connectivity index (χ0) is 29.8. The minimum Gasteiger partial charge on any atom is -0.494 e. The zero-order valence-electron chi connectivity index (χ0n) is 21.8. The molecule has 0 spiro atoms. The normalized spacial score (nSPS) is 12.8. The quantitative estimate of drug-likeness (QED) is 0.110.